The minimum Gasteiger partial charge on any atom is -0.358 e. The van der Waals surface area contributed by atoms with Crippen LogP contribution >= 0.6 is 24.0 Å². The minimum absolute atomic E-state index is 0. The molecule has 10 heteroatoms. The number of benzene rings is 1. The average Bonchev–Trinajstić information content (AvgIpc) is 3.29. The zero-order valence-electron chi connectivity index (χ0n) is 15.1. The molecule has 0 aliphatic carbocycles. The first-order valence-electron chi connectivity index (χ1n) is 8.34. The summed E-state index contributed by atoms with van der Waals surface area (Å²) < 4.78 is 1.75. The van der Waals surface area contributed by atoms with E-state index in [1.165, 1.54) is 0 Å². The first kappa shape index (κ1) is 21.1. The van der Waals surface area contributed by atoms with E-state index in [1.807, 2.05) is 6.20 Å². The Morgan fingerprint density at radius 1 is 1.44 bits per heavy atom. The fraction of sp³-hybridized carbons (Fsp3) is 0.412. The van der Waals surface area contributed by atoms with Crippen molar-refractivity contribution in [1.29, 1.82) is 0 Å². The topological polar surface area (TPSA) is 92.2 Å². The summed E-state index contributed by atoms with van der Waals surface area (Å²) in [6.45, 7) is 0.989. The van der Waals surface area contributed by atoms with Crippen LogP contribution in [0.4, 0.5) is 0 Å². The third-order valence-corrected chi connectivity index (χ3v) is 4.65. The summed E-state index contributed by atoms with van der Waals surface area (Å²) in [4.78, 5) is 25.7. The van der Waals surface area contributed by atoms with Gasteiger partial charge in [-0.2, -0.15) is 0 Å². The van der Waals surface area contributed by atoms with Crippen LogP contribution in [0, 0.1) is 0 Å². The maximum absolute atomic E-state index is 12.5. The number of nitrogens with zero attached hydrogens (tertiary/aromatic N) is 4. The fourth-order valence-corrected chi connectivity index (χ4v) is 3.20. The van der Waals surface area contributed by atoms with Gasteiger partial charge < -0.3 is 15.5 Å². The molecule has 1 aliphatic rings. The number of halogens is 2. The lowest BCUT2D eigenvalue weighted by atomic mass is 10.1. The summed E-state index contributed by atoms with van der Waals surface area (Å²) in [7, 11) is 3.33. The molecule has 1 fully saturated rings. The predicted octanol–water partition coefficient (Wildman–Crippen LogP) is 1.27. The van der Waals surface area contributed by atoms with Crippen LogP contribution in [0.15, 0.2) is 30.5 Å². The second-order valence-corrected chi connectivity index (χ2v) is 6.76. The maximum atomic E-state index is 12.5. The Morgan fingerprint density at radius 3 is 2.93 bits per heavy atom. The Labute approximate surface area is 168 Å². The van der Waals surface area contributed by atoms with Crippen molar-refractivity contribution in [3.05, 3.63) is 46.7 Å². The van der Waals surface area contributed by atoms with Crippen LogP contribution < -0.4 is 10.6 Å². The van der Waals surface area contributed by atoms with E-state index >= 15 is 0 Å². The van der Waals surface area contributed by atoms with Gasteiger partial charge in [0.15, 0.2) is 0 Å². The third-order valence-electron chi connectivity index (χ3n) is 4.42. The van der Waals surface area contributed by atoms with Crippen LogP contribution in [0.1, 0.15) is 28.5 Å². The lowest BCUT2D eigenvalue weighted by Gasteiger charge is -2.15. The summed E-state index contributed by atoms with van der Waals surface area (Å²) in [5.74, 6) is -0.163. The van der Waals surface area contributed by atoms with Crippen molar-refractivity contribution >= 4 is 35.8 Å². The van der Waals surface area contributed by atoms with Crippen molar-refractivity contribution in [3.8, 4) is 0 Å². The van der Waals surface area contributed by atoms with Crippen LogP contribution in [0.3, 0.4) is 0 Å². The summed E-state index contributed by atoms with van der Waals surface area (Å²) in [6, 6.07) is 6.68. The number of nitrogens with one attached hydrogen (secondary N) is 2. The Kier molecular flexibility index (Phi) is 7.18. The molecular weight excluding hydrogens is 391 g/mol. The molecule has 2 aromatic rings. The van der Waals surface area contributed by atoms with Gasteiger partial charge in [-0.25, -0.2) is 4.68 Å². The Bertz CT molecular complexity index is 812. The highest BCUT2D eigenvalue weighted by Crippen LogP contribution is 2.19. The van der Waals surface area contributed by atoms with Crippen molar-refractivity contribution in [2.24, 2.45) is 0 Å². The lowest BCUT2D eigenvalue weighted by molar-refractivity contribution is -0.122. The maximum Gasteiger partial charge on any atom is 0.254 e. The molecule has 0 unspecified atom stereocenters. The number of amides is 2. The normalized spacial score (nSPS) is 18.6. The molecule has 3 rings (SSSR count). The number of aromatic nitrogens is 3. The molecule has 0 saturated carbocycles. The molecule has 2 N–H and O–H groups in total. The van der Waals surface area contributed by atoms with Crippen molar-refractivity contribution in [1.82, 2.24) is 30.5 Å². The molecule has 1 aromatic heterocycles. The SMILES string of the molecule is CNC(=O)[C@@H]1C[C@@H](n2cc(CN(C)C(=O)c3cccc(Cl)c3)nn2)CN1.Cl. The van der Waals surface area contributed by atoms with Gasteiger partial charge in [-0.05, 0) is 24.6 Å². The van der Waals surface area contributed by atoms with Gasteiger partial charge in [-0.15, -0.1) is 17.5 Å². The van der Waals surface area contributed by atoms with Gasteiger partial charge in [0.05, 0.1) is 24.8 Å². The van der Waals surface area contributed by atoms with Crippen molar-refractivity contribution in [3.63, 3.8) is 0 Å². The van der Waals surface area contributed by atoms with E-state index < -0.39 is 0 Å². The average molecular weight is 413 g/mol. The number of hydrogen-bond donors (Lipinski definition) is 2. The molecule has 8 nitrogen and oxygen atoms in total. The fourth-order valence-electron chi connectivity index (χ4n) is 3.01. The Balaban J connectivity index is 0.00000261. The van der Waals surface area contributed by atoms with Gasteiger partial charge in [0, 0.05) is 31.2 Å². The zero-order valence-corrected chi connectivity index (χ0v) is 16.6. The van der Waals surface area contributed by atoms with Crippen molar-refractivity contribution in [2.75, 3.05) is 20.6 Å². The Hall–Kier alpha value is -2.16. The highest BCUT2D eigenvalue weighted by Gasteiger charge is 2.30. The molecular formula is C17H22Cl2N6O2. The van der Waals surface area contributed by atoms with Gasteiger partial charge in [-0.1, -0.05) is 22.9 Å². The summed E-state index contributed by atoms with van der Waals surface area (Å²) >= 11 is 5.94. The number of carbonyl (C=O) groups is 2. The summed E-state index contributed by atoms with van der Waals surface area (Å²) in [5.41, 5.74) is 1.21. The van der Waals surface area contributed by atoms with Crippen LogP contribution in [-0.4, -0.2) is 58.4 Å². The van der Waals surface area contributed by atoms with Gasteiger partial charge in [0.25, 0.3) is 5.91 Å². The second-order valence-electron chi connectivity index (χ2n) is 6.33. The molecule has 146 valence electrons. The molecule has 2 heterocycles. The predicted molar refractivity (Wildman–Crippen MR) is 104 cm³/mol. The van der Waals surface area contributed by atoms with Crippen LogP contribution in [0.25, 0.3) is 0 Å². The van der Waals surface area contributed by atoms with E-state index in [4.69, 9.17) is 11.6 Å². The highest BCUT2D eigenvalue weighted by molar-refractivity contribution is 6.30. The second kappa shape index (κ2) is 9.16. The zero-order chi connectivity index (χ0) is 18.7. The minimum atomic E-state index is -0.218. The monoisotopic (exact) mass is 412 g/mol. The molecule has 0 spiro atoms. The highest BCUT2D eigenvalue weighted by atomic mass is 35.5. The number of likely N-dealkylation sites (N-methyl/N-ethyl adjacent to an activating group) is 1. The Morgan fingerprint density at radius 2 is 2.22 bits per heavy atom. The smallest absolute Gasteiger partial charge is 0.254 e. The molecule has 2 atom stereocenters. The largest absolute Gasteiger partial charge is 0.358 e. The van der Waals surface area contributed by atoms with E-state index in [0.29, 0.717) is 35.8 Å². The van der Waals surface area contributed by atoms with E-state index in [-0.39, 0.29) is 36.3 Å². The van der Waals surface area contributed by atoms with E-state index in [1.54, 1.807) is 47.9 Å². The van der Waals surface area contributed by atoms with E-state index in [2.05, 4.69) is 20.9 Å². The molecule has 27 heavy (non-hydrogen) atoms. The van der Waals surface area contributed by atoms with Crippen LogP contribution in [0.5, 0.6) is 0 Å². The van der Waals surface area contributed by atoms with Crippen LogP contribution in [0.2, 0.25) is 5.02 Å². The number of carbonyl (C=O) groups excluding carboxylic acids is 2. The van der Waals surface area contributed by atoms with Crippen molar-refractivity contribution in [2.45, 2.75) is 25.0 Å². The molecule has 0 bridgehead atoms. The summed E-state index contributed by atoms with van der Waals surface area (Å²) in [5, 5.41) is 14.6. The van der Waals surface area contributed by atoms with Gasteiger partial charge in [0.2, 0.25) is 5.91 Å². The molecule has 1 saturated heterocycles. The van der Waals surface area contributed by atoms with Gasteiger partial charge in [0.1, 0.15) is 5.69 Å². The number of rotatable bonds is 5. The summed E-state index contributed by atoms with van der Waals surface area (Å²) in [6.07, 6.45) is 2.47. The van der Waals surface area contributed by atoms with E-state index in [9.17, 15) is 9.59 Å². The van der Waals surface area contributed by atoms with E-state index in [0.717, 1.165) is 0 Å². The number of hydrogen-bond acceptors (Lipinski definition) is 5. The lowest BCUT2D eigenvalue weighted by Crippen LogP contribution is -2.38. The molecule has 1 aliphatic heterocycles. The standard InChI is InChI=1S/C17H21ClN6O2.ClH/c1-19-16(25)15-7-14(8-20-15)24-10-13(21-22-24)9-23(2)17(26)11-4-3-5-12(18)6-11;/h3-6,10,14-15,20H,7-9H2,1-2H3,(H,19,25);1H/t14-,15+;/m1./s1. The molecule has 2 amide bonds. The van der Waals surface area contributed by atoms with Gasteiger partial charge >= 0.3 is 0 Å². The van der Waals surface area contributed by atoms with Gasteiger partial charge in [-0.3, -0.25) is 9.59 Å². The first-order valence-corrected chi connectivity index (χ1v) is 8.72. The van der Waals surface area contributed by atoms with Crippen LogP contribution in [-0.2, 0) is 11.3 Å². The quantitative estimate of drug-likeness (QED) is 0.771. The van der Waals surface area contributed by atoms with Crippen molar-refractivity contribution < 1.29 is 9.59 Å². The first-order chi connectivity index (χ1) is 12.5. The molecule has 1 aromatic carbocycles. The third kappa shape index (κ3) is 4.97. The molecule has 0 radical (unpaired) electrons.